The smallest absolute Gasteiger partial charge is 0.224 e. The van der Waals surface area contributed by atoms with Crippen LogP contribution in [0.5, 0.6) is 0 Å². The molecule has 0 fully saturated rings. The standard InChI is InChI=1S/C15H18N6/c1-16-15-19-13-7-3-2-6-12(13)14(20-15)17-8-4-10-21-11-5-9-18-21/h2-3,5-7,9,11H,4,8,10H2,1H3,(H2,16,17,19,20). The molecule has 0 atom stereocenters. The molecule has 21 heavy (non-hydrogen) atoms. The maximum Gasteiger partial charge on any atom is 0.224 e. The van der Waals surface area contributed by atoms with E-state index in [0.29, 0.717) is 5.95 Å². The number of hydrogen-bond acceptors (Lipinski definition) is 5. The largest absolute Gasteiger partial charge is 0.369 e. The molecule has 0 spiro atoms. The maximum absolute atomic E-state index is 4.50. The van der Waals surface area contributed by atoms with Crippen LogP contribution >= 0.6 is 0 Å². The van der Waals surface area contributed by atoms with E-state index < -0.39 is 0 Å². The summed E-state index contributed by atoms with van der Waals surface area (Å²) < 4.78 is 1.93. The van der Waals surface area contributed by atoms with Gasteiger partial charge in [0.05, 0.1) is 5.52 Å². The Kier molecular flexibility index (Phi) is 3.95. The van der Waals surface area contributed by atoms with Gasteiger partial charge in [-0.25, -0.2) is 4.98 Å². The first-order valence-electron chi connectivity index (χ1n) is 7.02. The number of benzene rings is 1. The van der Waals surface area contributed by atoms with Crippen LogP contribution < -0.4 is 10.6 Å². The minimum absolute atomic E-state index is 0.628. The third kappa shape index (κ3) is 3.10. The minimum atomic E-state index is 0.628. The number of fused-ring (bicyclic) bond motifs is 1. The monoisotopic (exact) mass is 282 g/mol. The van der Waals surface area contributed by atoms with Gasteiger partial charge in [0.2, 0.25) is 5.95 Å². The fourth-order valence-corrected chi connectivity index (χ4v) is 2.20. The molecule has 0 unspecified atom stereocenters. The summed E-state index contributed by atoms with van der Waals surface area (Å²) in [4.78, 5) is 8.95. The molecular weight excluding hydrogens is 264 g/mol. The maximum atomic E-state index is 4.50. The van der Waals surface area contributed by atoms with Crippen LogP contribution in [-0.4, -0.2) is 33.3 Å². The van der Waals surface area contributed by atoms with Crippen LogP contribution in [0, 0.1) is 0 Å². The van der Waals surface area contributed by atoms with Crippen LogP contribution in [0.3, 0.4) is 0 Å². The summed E-state index contributed by atoms with van der Waals surface area (Å²) in [7, 11) is 1.82. The van der Waals surface area contributed by atoms with Crippen LogP contribution in [0.4, 0.5) is 11.8 Å². The Balaban J connectivity index is 1.70. The van der Waals surface area contributed by atoms with E-state index in [1.807, 2.05) is 48.3 Å². The highest BCUT2D eigenvalue weighted by atomic mass is 15.3. The summed E-state index contributed by atoms with van der Waals surface area (Å²) in [6.07, 6.45) is 4.75. The number of para-hydroxylation sites is 1. The zero-order valence-electron chi connectivity index (χ0n) is 12.0. The fourth-order valence-electron chi connectivity index (χ4n) is 2.20. The van der Waals surface area contributed by atoms with Gasteiger partial charge in [0, 0.05) is 37.9 Å². The zero-order valence-corrected chi connectivity index (χ0v) is 12.0. The van der Waals surface area contributed by atoms with E-state index >= 15 is 0 Å². The van der Waals surface area contributed by atoms with Crippen molar-refractivity contribution in [1.82, 2.24) is 19.7 Å². The molecular formula is C15H18N6. The van der Waals surface area contributed by atoms with Crippen molar-refractivity contribution in [2.75, 3.05) is 24.2 Å². The molecule has 0 bridgehead atoms. The van der Waals surface area contributed by atoms with Crippen LogP contribution in [0.1, 0.15) is 6.42 Å². The summed E-state index contributed by atoms with van der Waals surface area (Å²) in [6, 6.07) is 9.94. The average Bonchev–Trinajstić information content (AvgIpc) is 3.04. The molecule has 6 heteroatoms. The number of rotatable bonds is 6. The minimum Gasteiger partial charge on any atom is -0.369 e. The van der Waals surface area contributed by atoms with Crippen molar-refractivity contribution in [1.29, 1.82) is 0 Å². The lowest BCUT2D eigenvalue weighted by Crippen LogP contribution is -2.09. The van der Waals surface area contributed by atoms with Gasteiger partial charge in [-0.05, 0) is 24.6 Å². The van der Waals surface area contributed by atoms with Gasteiger partial charge in [-0.2, -0.15) is 10.1 Å². The molecule has 3 rings (SSSR count). The predicted molar refractivity (Wildman–Crippen MR) is 84.4 cm³/mol. The summed E-state index contributed by atoms with van der Waals surface area (Å²) in [5.41, 5.74) is 0.937. The van der Waals surface area contributed by atoms with Crippen LogP contribution in [0.25, 0.3) is 10.9 Å². The van der Waals surface area contributed by atoms with E-state index in [-0.39, 0.29) is 0 Å². The van der Waals surface area contributed by atoms with Crippen LogP contribution in [0.15, 0.2) is 42.7 Å². The van der Waals surface area contributed by atoms with Gasteiger partial charge in [-0.15, -0.1) is 0 Å². The predicted octanol–water partition coefficient (Wildman–Crippen LogP) is 2.37. The Hall–Kier alpha value is -2.63. The average molecular weight is 282 g/mol. The van der Waals surface area contributed by atoms with Crippen molar-refractivity contribution in [2.24, 2.45) is 0 Å². The number of aromatic nitrogens is 4. The molecule has 1 aromatic carbocycles. The molecule has 0 aliphatic rings. The van der Waals surface area contributed by atoms with E-state index in [4.69, 9.17) is 0 Å². The van der Waals surface area contributed by atoms with Crippen LogP contribution in [0.2, 0.25) is 0 Å². The van der Waals surface area contributed by atoms with Crippen molar-refractivity contribution < 1.29 is 0 Å². The lowest BCUT2D eigenvalue weighted by atomic mass is 10.2. The Morgan fingerprint density at radius 2 is 2.05 bits per heavy atom. The number of anilines is 2. The highest BCUT2D eigenvalue weighted by molar-refractivity contribution is 5.89. The van der Waals surface area contributed by atoms with Gasteiger partial charge in [0.15, 0.2) is 0 Å². The summed E-state index contributed by atoms with van der Waals surface area (Å²) in [5, 5.41) is 11.6. The highest BCUT2D eigenvalue weighted by Crippen LogP contribution is 2.21. The van der Waals surface area contributed by atoms with Crippen molar-refractivity contribution in [3.8, 4) is 0 Å². The molecule has 108 valence electrons. The summed E-state index contributed by atoms with van der Waals surface area (Å²) in [5.74, 6) is 1.49. The third-order valence-corrected chi connectivity index (χ3v) is 3.24. The summed E-state index contributed by atoms with van der Waals surface area (Å²) in [6.45, 7) is 1.73. The first kappa shape index (κ1) is 13.4. The van der Waals surface area contributed by atoms with Crippen LogP contribution in [-0.2, 0) is 6.54 Å². The second-order valence-electron chi connectivity index (χ2n) is 4.71. The lowest BCUT2D eigenvalue weighted by Gasteiger charge is -2.10. The van der Waals surface area contributed by atoms with Crippen molar-refractivity contribution >= 4 is 22.7 Å². The van der Waals surface area contributed by atoms with Gasteiger partial charge in [0.1, 0.15) is 5.82 Å². The van der Waals surface area contributed by atoms with E-state index in [1.165, 1.54) is 0 Å². The number of aryl methyl sites for hydroxylation is 1. The molecule has 0 saturated carbocycles. The molecule has 3 aromatic rings. The first-order valence-corrected chi connectivity index (χ1v) is 7.02. The quantitative estimate of drug-likeness (QED) is 0.679. The highest BCUT2D eigenvalue weighted by Gasteiger charge is 2.05. The first-order chi connectivity index (χ1) is 10.4. The molecule has 0 radical (unpaired) electrons. The molecule has 0 aliphatic carbocycles. The molecule has 2 aromatic heterocycles. The summed E-state index contributed by atoms with van der Waals surface area (Å²) >= 11 is 0. The molecule has 0 saturated heterocycles. The molecule has 2 heterocycles. The Labute approximate surface area is 123 Å². The van der Waals surface area contributed by atoms with Gasteiger partial charge < -0.3 is 10.6 Å². The van der Waals surface area contributed by atoms with E-state index in [1.54, 1.807) is 6.20 Å². The molecule has 2 N–H and O–H groups in total. The van der Waals surface area contributed by atoms with Gasteiger partial charge in [0.25, 0.3) is 0 Å². The number of nitrogens with one attached hydrogen (secondary N) is 2. The molecule has 0 amide bonds. The number of nitrogens with zero attached hydrogens (tertiary/aromatic N) is 4. The van der Waals surface area contributed by atoms with E-state index in [0.717, 1.165) is 36.2 Å². The van der Waals surface area contributed by atoms with E-state index in [2.05, 4.69) is 25.7 Å². The van der Waals surface area contributed by atoms with Crippen molar-refractivity contribution in [2.45, 2.75) is 13.0 Å². The second kappa shape index (κ2) is 6.21. The molecule has 6 nitrogen and oxygen atoms in total. The van der Waals surface area contributed by atoms with Gasteiger partial charge >= 0.3 is 0 Å². The van der Waals surface area contributed by atoms with E-state index in [9.17, 15) is 0 Å². The fraction of sp³-hybridized carbons (Fsp3) is 0.267. The van der Waals surface area contributed by atoms with Crippen molar-refractivity contribution in [3.63, 3.8) is 0 Å². The second-order valence-corrected chi connectivity index (χ2v) is 4.71. The normalized spacial score (nSPS) is 10.7. The Bertz CT molecular complexity index is 707. The number of hydrogen-bond donors (Lipinski definition) is 2. The zero-order chi connectivity index (χ0) is 14.5. The van der Waals surface area contributed by atoms with Crippen molar-refractivity contribution in [3.05, 3.63) is 42.7 Å². The van der Waals surface area contributed by atoms with Gasteiger partial charge in [-0.1, -0.05) is 12.1 Å². The topological polar surface area (TPSA) is 67.7 Å². The Morgan fingerprint density at radius 1 is 1.14 bits per heavy atom. The lowest BCUT2D eigenvalue weighted by molar-refractivity contribution is 0.591. The SMILES string of the molecule is CNc1nc(NCCCn2cccn2)c2ccccc2n1. The Morgan fingerprint density at radius 3 is 2.86 bits per heavy atom. The molecule has 0 aliphatic heterocycles. The third-order valence-electron chi connectivity index (χ3n) is 3.24. The van der Waals surface area contributed by atoms with Gasteiger partial charge in [-0.3, -0.25) is 4.68 Å².